The van der Waals surface area contributed by atoms with E-state index >= 15 is 0 Å². The van der Waals surface area contributed by atoms with Gasteiger partial charge in [-0.1, -0.05) is 30.3 Å². The van der Waals surface area contributed by atoms with Crippen LogP contribution in [0.15, 0.2) is 42.9 Å². The van der Waals surface area contributed by atoms with Crippen LogP contribution in [0.4, 0.5) is 0 Å². The van der Waals surface area contributed by atoms with Crippen molar-refractivity contribution in [3.63, 3.8) is 0 Å². The maximum absolute atomic E-state index is 13.5. The normalized spacial score (nSPS) is 17.4. The molecule has 0 bridgehead atoms. The van der Waals surface area contributed by atoms with Crippen LogP contribution in [0.3, 0.4) is 0 Å². The highest BCUT2D eigenvalue weighted by Crippen LogP contribution is 2.20. The minimum absolute atomic E-state index is 0.000954. The van der Waals surface area contributed by atoms with Crippen molar-refractivity contribution in [3.05, 3.63) is 54.1 Å². The third-order valence-electron chi connectivity index (χ3n) is 6.06. The van der Waals surface area contributed by atoms with E-state index in [1.807, 2.05) is 0 Å². The van der Waals surface area contributed by atoms with Gasteiger partial charge in [0.1, 0.15) is 18.1 Å². The van der Waals surface area contributed by atoms with Gasteiger partial charge in [0, 0.05) is 31.3 Å². The average Bonchev–Trinajstić information content (AvgIpc) is 3.55. The molecule has 3 amide bonds. The monoisotopic (exact) mass is 514 g/mol. The lowest BCUT2D eigenvalue weighted by Gasteiger charge is -2.29. The van der Waals surface area contributed by atoms with Crippen LogP contribution >= 0.6 is 0 Å². The van der Waals surface area contributed by atoms with Crippen molar-refractivity contribution < 1.29 is 34.2 Å². The van der Waals surface area contributed by atoms with E-state index < -0.39 is 60.2 Å². The first-order valence-electron chi connectivity index (χ1n) is 11.8. The fourth-order valence-electron chi connectivity index (χ4n) is 4.20. The molecule has 1 fully saturated rings. The first-order chi connectivity index (χ1) is 17.7. The smallest absolute Gasteiger partial charge is 0.326 e. The summed E-state index contributed by atoms with van der Waals surface area (Å²) in [5.74, 6) is -4.47. The molecule has 2 heterocycles. The molecular weight excluding hydrogens is 484 g/mol. The van der Waals surface area contributed by atoms with Crippen molar-refractivity contribution in [2.75, 3.05) is 6.54 Å². The van der Waals surface area contributed by atoms with Crippen LogP contribution in [0.5, 0.6) is 0 Å². The zero-order valence-electron chi connectivity index (χ0n) is 20.0. The number of aromatic nitrogens is 2. The number of carboxylic acids is 2. The van der Waals surface area contributed by atoms with E-state index in [0.717, 1.165) is 5.56 Å². The Labute approximate surface area is 212 Å². The summed E-state index contributed by atoms with van der Waals surface area (Å²) in [6.07, 6.45) is 3.15. The van der Waals surface area contributed by atoms with Crippen molar-refractivity contribution in [2.45, 2.75) is 56.3 Å². The summed E-state index contributed by atoms with van der Waals surface area (Å²) in [6, 6.07) is 4.19. The number of carbonyl (C=O) groups excluding carboxylic acids is 3. The van der Waals surface area contributed by atoms with Gasteiger partial charge in [0.2, 0.25) is 17.7 Å². The third-order valence-corrected chi connectivity index (χ3v) is 6.06. The molecule has 1 aromatic heterocycles. The first-order valence-corrected chi connectivity index (χ1v) is 11.8. The summed E-state index contributed by atoms with van der Waals surface area (Å²) < 4.78 is 0. The number of aromatic amines is 1. The number of imidazole rings is 1. The predicted octanol–water partition coefficient (Wildman–Crippen LogP) is -0.958. The highest BCUT2D eigenvalue weighted by molar-refractivity contribution is 5.95. The molecule has 198 valence electrons. The number of carbonyl (C=O) groups is 5. The standard InChI is InChI=1S/C24H30N6O7/c25-16(11-20(31)32)21(33)28-17(10-15-12-26-13-27-15)23(35)30-8-4-7-19(30)22(34)29-18(24(36)37)9-14-5-2-1-3-6-14/h1-3,5-6,12-13,16-19H,4,7-11,25H2,(H,26,27)(H,28,33)(H,29,34)(H,31,32)(H,36,37). The van der Waals surface area contributed by atoms with Crippen LogP contribution in [0.1, 0.15) is 30.5 Å². The van der Waals surface area contributed by atoms with Gasteiger partial charge in [-0.05, 0) is 18.4 Å². The van der Waals surface area contributed by atoms with E-state index in [9.17, 15) is 29.1 Å². The fraction of sp³-hybridized carbons (Fsp3) is 0.417. The summed E-state index contributed by atoms with van der Waals surface area (Å²) in [5.41, 5.74) is 6.92. The molecule has 0 aliphatic carbocycles. The Hall–Kier alpha value is -4.26. The molecule has 13 nitrogen and oxygen atoms in total. The number of benzene rings is 1. The zero-order chi connectivity index (χ0) is 26.9. The Morgan fingerprint density at radius 2 is 1.81 bits per heavy atom. The molecule has 0 radical (unpaired) electrons. The zero-order valence-corrected chi connectivity index (χ0v) is 20.0. The van der Waals surface area contributed by atoms with Crippen LogP contribution in [-0.2, 0) is 36.8 Å². The van der Waals surface area contributed by atoms with Crippen LogP contribution in [0.25, 0.3) is 0 Å². The topological polar surface area (TPSA) is 208 Å². The third kappa shape index (κ3) is 7.61. The fourth-order valence-corrected chi connectivity index (χ4v) is 4.20. The number of nitrogens with two attached hydrogens (primary N) is 1. The Morgan fingerprint density at radius 1 is 1.08 bits per heavy atom. The second kappa shape index (κ2) is 12.6. The molecule has 7 N–H and O–H groups in total. The summed E-state index contributed by atoms with van der Waals surface area (Å²) in [5, 5.41) is 23.6. The van der Waals surface area contributed by atoms with Crippen molar-refractivity contribution in [1.82, 2.24) is 25.5 Å². The van der Waals surface area contributed by atoms with Crippen molar-refractivity contribution in [3.8, 4) is 0 Å². The molecule has 0 saturated carbocycles. The second-order valence-corrected chi connectivity index (χ2v) is 8.83. The van der Waals surface area contributed by atoms with Gasteiger partial charge in [0.25, 0.3) is 0 Å². The second-order valence-electron chi connectivity index (χ2n) is 8.83. The molecule has 1 saturated heterocycles. The van der Waals surface area contributed by atoms with Crippen LogP contribution in [-0.4, -0.2) is 85.5 Å². The van der Waals surface area contributed by atoms with Crippen molar-refractivity contribution in [2.24, 2.45) is 5.73 Å². The molecule has 13 heteroatoms. The number of carboxylic acid groups (broad SMARTS) is 2. The number of hydrogen-bond acceptors (Lipinski definition) is 7. The molecule has 37 heavy (non-hydrogen) atoms. The summed E-state index contributed by atoms with van der Waals surface area (Å²) in [4.78, 5) is 69.9. The summed E-state index contributed by atoms with van der Waals surface area (Å²) in [6.45, 7) is 0.226. The molecule has 4 atom stereocenters. The van der Waals surface area contributed by atoms with E-state index in [1.165, 1.54) is 17.4 Å². The SMILES string of the molecule is NC(CC(=O)O)C(=O)NC(Cc1cnc[nH]1)C(=O)N1CCCC1C(=O)NC(Cc1ccccc1)C(=O)O. The summed E-state index contributed by atoms with van der Waals surface area (Å²) in [7, 11) is 0. The minimum atomic E-state index is -1.37. The van der Waals surface area contributed by atoms with Gasteiger partial charge in [-0.15, -0.1) is 0 Å². The quantitative estimate of drug-likeness (QED) is 0.206. The van der Waals surface area contributed by atoms with Crippen LogP contribution in [0.2, 0.25) is 0 Å². The Morgan fingerprint density at radius 3 is 2.43 bits per heavy atom. The van der Waals surface area contributed by atoms with Gasteiger partial charge < -0.3 is 36.5 Å². The van der Waals surface area contributed by atoms with E-state index in [4.69, 9.17) is 10.8 Å². The minimum Gasteiger partial charge on any atom is -0.481 e. The van der Waals surface area contributed by atoms with Crippen molar-refractivity contribution >= 4 is 29.7 Å². The van der Waals surface area contributed by atoms with Gasteiger partial charge in [0.05, 0.1) is 18.8 Å². The number of H-pyrrole nitrogens is 1. The highest BCUT2D eigenvalue weighted by Gasteiger charge is 2.39. The number of likely N-dealkylation sites (tertiary alicyclic amines) is 1. The number of amides is 3. The molecule has 3 rings (SSSR count). The first kappa shape index (κ1) is 27.3. The van der Waals surface area contributed by atoms with E-state index in [2.05, 4.69) is 20.6 Å². The number of nitrogens with zero attached hydrogens (tertiary/aromatic N) is 2. The van der Waals surface area contributed by atoms with Crippen molar-refractivity contribution in [1.29, 1.82) is 0 Å². The van der Waals surface area contributed by atoms with Gasteiger partial charge in [-0.2, -0.15) is 0 Å². The number of rotatable bonds is 12. The highest BCUT2D eigenvalue weighted by atomic mass is 16.4. The van der Waals surface area contributed by atoms with E-state index in [1.54, 1.807) is 30.3 Å². The molecule has 1 aliphatic heterocycles. The molecule has 0 spiro atoms. The lowest BCUT2D eigenvalue weighted by Crippen LogP contribution is -2.57. The number of aliphatic carboxylic acids is 2. The molecule has 1 aliphatic rings. The van der Waals surface area contributed by atoms with Gasteiger partial charge in [-0.3, -0.25) is 19.2 Å². The molecule has 1 aromatic carbocycles. The maximum atomic E-state index is 13.5. The maximum Gasteiger partial charge on any atom is 0.326 e. The Kier molecular flexibility index (Phi) is 9.33. The lowest BCUT2D eigenvalue weighted by atomic mass is 10.0. The van der Waals surface area contributed by atoms with Gasteiger partial charge in [-0.25, -0.2) is 9.78 Å². The summed E-state index contributed by atoms with van der Waals surface area (Å²) >= 11 is 0. The van der Waals surface area contributed by atoms with E-state index in [-0.39, 0.29) is 19.4 Å². The molecule has 2 aromatic rings. The Balaban J connectivity index is 1.73. The largest absolute Gasteiger partial charge is 0.481 e. The predicted molar refractivity (Wildman–Crippen MR) is 129 cm³/mol. The van der Waals surface area contributed by atoms with Crippen LogP contribution < -0.4 is 16.4 Å². The lowest BCUT2D eigenvalue weighted by molar-refractivity contribution is -0.145. The number of nitrogens with one attached hydrogen (secondary N) is 3. The molecular formula is C24H30N6O7. The number of hydrogen-bond donors (Lipinski definition) is 6. The molecule has 4 unspecified atom stereocenters. The van der Waals surface area contributed by atoms with Gasteiger partial charge in [0.15, 0.2) is 0 Å². The van der Waals surface area contributed by atoms with Crippen LogP contribution in [0, 0.1) is 0 Å². The Bertz CT molecular complexity index is 1110. The average molecular weight is 515 g/mol. The van der Waals surface area contributed by atoms with Gasteiger partial charge >= 0.3 is 11.9 Å². The van der Waals surface area contributed by atoms with E-state index in [0.29, 0.717) is 18.5 Å².